The summed E-state index contributed by atoms with van der Waals surface area (Å²) in [6.07, 6.45) is 0.831. The molecule has 0 saturated carbocycles. The van der Waals surface area contributed by atoms with E-state index in [2.05, 4.69) is 4.98 Å². The number of aromatic amines is 1. The molecule has 0 atom stereocenters. The first-order chi connectivity index (χ1) is 6.20. The second kappa shape index (κ2) is 2.83. The molecule has 0 aliphatic rings. The second-order valence-corrected chi connectivity index (χ2v) is 3.00. The fraction of sp³-hybridized carbons (Fsp3) is 0.200. The van der Waals surface area contributed by atoms with Gasteiger partial charge in [0.15, 0.2) is 11.6 Å². The minimum Gasteiger partial charge on any atom is -0.358 e. The summed E-state index contributed by atoms with van der Waals surface area (Å²) in [4.78, 5) is 3.01. The molecular weight excluding hydrogens is 172 g/mol. The average Bonchev–Trinajstić information content (AvgIpc) is 2.48. The molecule has 1 heterocycles. The Morgan fingerprint density at radius 1 is 1.15 bits per heavy atom. The number of rotatable bonds is 1. The van der Waals surface area contributed by atoms with Gasteiger partial charge in [-0.2, -0.15) is 0 Å². The van der Waals surface area contributed by atoms with E-state index >= 15 is 0 Å². The molecule has 1 nitrogen and oxygen atoms in total. The lowest BCUT2D eigenvalue weighted by molar-refractivity contribution is 0.511. The smallest absolute Gasteiger partial charge is 0.160 e. The summed E-state index contributed by atoms with van der Waals surface area (Å²) in [5, 5.41) is 0.718. The van der Waals surface area contributed by atoms with Crippen molar-refractivity contribution in [1.29, 1.82) is 0 Å². The Labute approximate surface area is 74.4 Å². The highest BCUT2D eigenvalue weighted by Crippen LogP contribution is 2.19. The van der Waals surface area contributed by atoms with Crippen molar-refractivity contribution in [2.45, 2.75) is 13.3 Å². The van der Waals surface area contributed by atoms with Crippen LogP contribution in [0, 0.1) is 11.6 Å². The summed E-state index contributed by atoms with van der Waals surface area (Å²) in [5.74, 6) is -1.61. The van der Waals surface area contributed by atoms with Crippen LogP contribution in [0.4, 0.5) is 8.78 Å². The molecule has 0 aliphatic heterocycles. The Morgan fingerprint density at radius 2 is 1.85 bits per heavy atom. The van der Waals surface area contributed by atoms with Crippen LogP contribution >= 0.6 is 0 Å². The molecule has 0 unspecified atom stereocenters. The molecule has 3 heteroatoms. The zero-order valence-electron chi connectivity index (χ0n) is 7.20. The summed E-state index contributed by atoms with van der Waals surface area (Å²) < 4.78 is 25.5. The Kier molecular flexibility index (Phi) is 1.79. The van der Waals surface area contributed by atoms with Crippen LogP contribution in [0.1, 0.15) is 12.6 Å². The minimum atomic E-state index is -0.808. The molecule has 0 saturated heterocycles. The number of aromatic nitrogens is 1. The van der Waals surface area contributed by atoms with E-state index in [4.69, 9.17) is 0 Å². The van der Waals surface area contributed by atoms with Crippen molar-refractivity contribution >= 4 is 10.9 Å². The van der Waals surface area contributed by atoms with Crippen molar-refractivity contribution in [2.75, 3.05) is 0 Å². The fourth-order valence-corrected chi connectivity index (χ4v) is 1.38. The number of benzene rings is 1. The number of halogens is 2. The number of hydrogen-bond donors (Lipinski definition) is 1. The topological polar surface area (TPSA) is 15.8 Å². The Balaban J connectivity index is 2.70. The third-order valence-corrected chi connectivity index (χ3v) is 2.10. The van der Waals surface area contributed by atoms with Crippen LogP contribution in [-0.2, 0) is 6.42 Å². The molecule has 68 valence electrons. The van der Waals surface area contributed by atoms with Crippen molar-refractivity contribution in [1.82, 2.24) is 4.98 Å². The van der Waals surface area contributed by atoms with Crippen LogP contribution in [0.2, 0.25) is 0 Å². The number of aryl methyl sites for hydroxylation is 1. The number of fused-ring (bicyclic) bond motifs is 1. The molecule has 0 amide bonds. The molecule has 0 spiro atoms. The van der Waals surface area contributed by atoms with Gasteiger partial charge in [-0.3, -0.25) is 0 Å². The Bertz CT molecular complexity index is 406. The van der Waals surface area contributed by atoms with Crippen molar-refractivity contribution in [3.8, 4) is 0 Å². The average molecular weight is 181 g/mol. The highest BCUT2D eigenvalue weighted by Gasteiger charge is 2.05. The van der Waals surface area contributed by atoms with Crippen molar-refractivity contribution < 1.29 is 8.78 Å². The first kappa shape index (κ1) is 8.23. The molecule has 0 aliphatic carbocycles. The fourth-order valence-electron chi connectivity index (χ4n) is 1.38. The van der Waals surface area contributed by atoms with E-state index in [1.54, 1.807) is 0 Å². The molecule has 0 bridgehead atoms. The highest BCUT2D eigenvalue weighted by molar-refractivity contribution is 5.80. The van der Waals surface area contributed by atoms with E-state index in [-0.39, 0.29) is 0 Å². The first-order valence-electron chi connectivity index (χ1n) is 4.17. The quantitative estimate of drug-likeness (QED) is 0.696. The van der Waals surface area contributed by atoms with Crippen LogP contribution in [-0.4, -0.2) is 4.98 Å². The van der Waals surface area contributed by atoms with E-state index < -0.39 is 11.6 Å². The maximum absolute atomic E-state index is 12.8. The third kappa shape index (κ3) is 1.30. The molecule has 1 aromatic heterocycles. The molecule has 0 fully saturated rings. The number of hydrogen-bond acceptors (Lipinski definition) is 0. The highest BCUT2D eigenvalue weighted by atomic mass is 19.2. The van der Waals surface area contributed by atoms with Crippen LogP contribution in [0.5, 0.6) is 0 Å². The zero-order chi connectivity index (χ0) is 9.42. The summed E-state index contributed by atoms with van der Waals surface area (Å²) in [5.41, 5.74) is 1.63. The molecule has 0 radical (unpaired) electrons. The van der Waals surface area contributed by atoms with Crippen LogP contribution < -0.4 is 0 Å². The van der Waals surface area contributed by atoms with Gasteiger partial charge in [0.1, 0.15) is 0 Å². The van der Waals surface area contributed by atoms with Gasteiger partial charge in [0, 0.05) is 22.7 Å². The lowest BCUT2D eigenvalue weighted by Crippen LogP contribution is -1.82. The largest absolute Gasteiger partial charge is 0.358 e. The van der Waals surface area contributed by atoms with Crippen LogP contribution in [0.3, 0.4) is 0 Å². The zero-order valence-corrected chi connectivity index (χ0v) is 7.20. The lowest BCUT2D eigenvalue weighted by atomic mass is 10.2. The number of H-pyrrole nitrogens is 1. The van der Waals surface area contributed by atoms with E-state index in [0.29, 0.717) is 5.52 Å². The summed E-state index contributed by atoms with van der Waals surface area (Å²) >= 11 is 0. The van der Waals surface area contributed by atoms with Crippen molar-refractivity contribution in [3.63, 3.8) is 0 Å². The van der Waals surface area contributed by atoms with Gasteiger partial charge in [-0.25, -0.2) is 8.78 Å². The van der Waals surface area contributed by atoms with E-state index in [1.807, 2.05) is 13.0 Å². The first-order valence-corrected chi connectivity index (χ1v) is 4.17. The number of nitrogens with one attached hydrogen (secondary N) is 1. The van der Waals surface area contributed by atoms with E-state index in [9.17, 15) is 8.78 Å². The molecule has 1 aromatic carbocycles. The van der Waals surface area contributed by atoms with Crippen LogP contribution in [0.25, 0.3) is 10.9 Å². The van der Waals surface area contributed by atoms with Crippen molar-refractivity contribution in [3.05, 3.63) is 35.5 Å². The van der Waals surface area contributed by atoms with E-state index in [1.165, 1.54) is 12.1 Å². The van der Waals surface area contributed by atoms with Gasteiger partial charge in [-0.05, 0) is 18.6 Å². The summed E-state index contributed by atoms with van der Waals surface area (Å²) in [6.45, 7) is 1.98. The van der Waals surface area contributed by atoms with Gasteiger partial charge in [-0.1, -0.05) is 6.92 Å². The van der Waals surface area contributed by atoms with Gasteiger partial charge in [-0.15, -0.1) is 0 Å². The summed E-state index contributed by atoms with van der Waals surface area (Å²) in [6, 6.07) is 4.22. The molecular formula is C10H9F2N. The van der Waals surface area contributed by atoms with Crippen molar-refractivity contribution in [2.24, 2.45) is 0 Å². The molecule has 2 aromatic rings. The molecule has 13 heavy (non-hydrogen) atoms. The molecule has 2 rings (SSSR count). The van der Waals surface area contributed by atoms with Gasteiger partial charge >= 0.3 is 0 Å². The van der Waals surface area contributed by atoms with Crippen LogP contribution in [0.15, 0.2) is 18.2 Å². The lowest BCUT2D eigenvalue weighted by Gasteiger charge is -1.91. The van der Waals surface area contributed by atoms with Gasteiger partial charge < -0.3 is 4.98 Å². The minimum absolute atomic E-state index is 0.649. The van der Waals surface area contributed by atoms with Gasteiger partial charge in [0.05, 0.1) is 0 Å². The maximum atomic E-state index is 12.8. The normalized spacial score (nSPS) is 11.0. The van der Waals surface area contributed by atoms with Gasteiger partial charge in [0.25, 0.3) is 0 Å². The SMILES string of the molecule is CCc1cc2cc(F)c(F)cc2[nH]1. The second-order valence-electron chi connectivity index (χ2n) is 3.00. The van der Waals surface area contributed by atoms with Gasteiger partial charge in [0.2, 0.25) is 0 Å². The monoisotopic (exact) mass is 181 g/mol. The molecule has 1 N–H and O–H groups in total. The standard InChI is InChI=1S/C10H9F2N/c1-2-7-3-6-4-8(11)9(12)5-10(6)13-7/h3-5,13H,2H2,1H3. The maximum Gasteiger partial charge on any atom is 0.160 e. The Morgan fingerprint density at radius 3 is 2.54 bits per heavy atom. The predicted octanol–water partition coefficient (Wildman–Crippen LogP) is 3.01. The third-order valence-electron chi connectivity index (χ3n) is 2.10. The Hall–Kier alpha value is -1.38. The van der Waals surface area contributed by atoms with E-state index in [0.717, 1.165) is 17.5 Å². The predicted molar refractivity (Wildman–Crippen MR) is 47.6 cm³/mol. The summed E-state index contributed by atoms with van der Waals surface area (Å²) in [7, 11) is 0.